The van der Waals surface area contributed by atoms with Crippen molar-refractivity contribution in [1.29, 1.82) is 5.26 Å². The number of halogens is 1. The van der Waals surface area contributed by atoms with Crippen molar-refractivity contribution in [3.63, 3.8) is 0 Å². The zero-order chi connectivity index (χ0) is 19.4. The number of nitrogens with zero attached hydrogens (tertiary/aromatic N) is 2. The van der Waals surface area contributed by atoms with E-state index in [1.165, 1.54) is 12.1 Å². The molecule has 6 heteroatoms. The van der Waals surface area contributed by atoms with Crippen LogP contribution in [0, 0.1) is 17.1 Å². The van der Waals surface area contributed by atoms with Crippen LogP contribution in [0.5, 0.6) is 0 Å². The van der Waals surface area contributed by atoms with E-state index in [2.05, 4.69) is 6.07 Å². The Morgan fingerprint density at radius 3 is 2.78 bits per heavy atom. The van der Waals surface area contributed by atoms with Crippen molar-refractivity contribution in [2.75, 3.05) is 20.1 Å². The molecule has 2 aromatic carbocycles. The normalized spacial score (nSPS) is 15.6. The van der Waals surface area contributed by atoms with Crippen LogP contribution in [0.3, 0.4) is 0 Å². The predicted molar refractivity (Wildman–Crippen MR) is 98.4 cm³/mol. The minimum Gasteiger partial charge on any atom is -0.480 e. The molecule has 1 N–H and O–H groups in total. The molecule has 1 heterocycles. The Kier molecular flexibility index (Phi) is 5.84. The highest BCUT2D eigenvalue weighted by atomic mass is 19.1. The van der Waals surface area contributed by atoms with Crippen molar-refractivity contribution in [2.45, 2.75) is 25.6 Å². The van der Waals surface area contributed by atoms with Crippen molar-refractivity contribution in [2.24, 2.45) is 0 Å². The summed E-state index contributed by atoms with van der Waals surface area (Å²) in [6.07, 6.45) is 1.50. The summed E-state index contributed by atoms with van der Waals surface area (Å²) in [5, 5.41) is 18.3. The van der Waals surface area contributed by atoms with E-state index in [1.807, 2.05) is 12.1 Å². The lowest BCUT2D eigenvalue weighted by Crippen LogP contribution is -2.26. The second-order valence-corrected chi connectivity index (χ2v) is 6.79. The number of fused-ring (bicyclic) bond motifs is 1. The Morgan fingerprint density at radius 2 is 2.11 bits per heavy atom. The molecule has 0 saturated carbocycles. The maximum absolute atomic E-state index is 13.2. The van der Waals surface area contributed by atoms with Gasteiger partial charge in [-0.25, -0.2) is 4.39 Å². The lowest BCUT2D eigenvalue weighted by atomic mass is 9.92. The molecule has 2 aromatic rings. The lowest BCUT2D eigenvalue weighted by molar-refractivity contribution is -0.138. The summed E-state index contributed by atoms with van der Waals surface area (Å²) in [4.78, 5) is 12.5. The van der Waals surface area contributed by atoms with E-state index in [0.717, 1.165) is 35.1 Å². The summed E-state index contributed by atoms with van der Waals surface area (Å²) < 4.78 is 19.1. The van der Waals surface area contributed by atoms with Crippen molar-refractivity contribution in [3.8, 4) is 17.2 Å². The molecule has 0 spiro atoms. The number of carbonyl (C=O) groups is 1. The van der Waals surface area contributed by atoms with E-state index in [9.17, 15) is 14.4 Å². The fraction of sp³-hybridized carbons (Fsp3) is 0.333. The monoisotopic (exact) mass is 368 g/mol. The Bertz CT molecular complexity index is 874. The summed E-state index contributed by atoms with van der Waals surface area (Å²) in [6, 6.07) is 12.2. The van der Waals surface area contributed by atoms with Gasteiger partial charge in [-0.2, -0.15) is 5.26 Å². The molecule has 0 radical (unpaired) electrons. The molecule has 140 valence electrons. The number of carboxylic acid groups (broad SMARTS) is 1. The van der Waals surface area contributed by atoms with Gasteiger partial charge in [0.05, 0.1) is 30.9 Å². The van der Waals surface area contributed by atoms with Crippen LogP contribution in [0.2, 0.25) is 0 Å². The molecule has 0 aromatic heterocycles. The van der Waals surface area contributed by atoms with Crippen LogP contribution in [-0.4, -0.2) is 36.1 Å². The topological polar surface area (TPSA) is 73.6 Å². The van der Waals surface area contributed by atoms with Gasteiger partial charge < -0.3 is 9.84 Å². The second-order valence-electron chi connectivity index (χ2n) is 6.79. The minimum absolute atomic E-state index is 0.0162. The number of benzene rings is 2. The van der Waals surface area contributed by atoms with Crippen molar-refractivity contribution in [1.82, 2.24) is 4.90 Å². The number of rotatable bonds is 7. The maximum atomic E-state index is 13.2. The zero-order valence-electron chi connectivity index (χ0n) is 15.1. The molecule has 0 bridgehead atoms. The molecular formula is C21H21FN2O3. The van der Waals surface area contributed by atoms with Crippen LogP contribution >= 0.6 is 0 Å². The van der Waals surface area contributed by atoms with Crippen molar-refractivity contribution < 1.29 is 19.0 Å². The van der Waals surface area contributed by atoms with Gasteiger partial charge in [-0.3, -0.25) is 9.69 Å². The summed E-state index contributed by atoms with van der Waals surface area (Å²) in [5.41, 5.74) is 4.17. The van der Waals surface area contributed by atoms with E-state index in [1.54, 1.807) is 24.1 Å². The Labute approximate surface area is 157 Å². The van der Waals surface area contributed by atoms with Gasteiger partial charge in [0.15, 0.2) is 0 Å². The van der Waals surface area contributed by atoms with Gasteiger partial charge >= 0.3 is 5.97 Å². The minimum atomic E-state index is -0.840. The molecule has 1 aliphatic rings. The predicted octanol–water partition coefficient (Wildman–Crippen LogP) is 3.73. The smallest absolute Gasteiger partial charge is 0.317 e. The second kappa shape index (κ2) is 8.30. The molecule has 3 rings (SSSR count). The first-order valence-corrected chi connectivity index (χ1v) is 8.82. The van der Waals surface area contributed by atoms with Crippen LogP contribution in [0.4, 0.5) is 4.39 Å². The first-order chi connectivity index (χ1) is 13.0. The molecule has 1 aliphatic heterocycles. The van der Waals surface area contributed by atoms with Gasteiger partial charge in [0.2, 0.25) is 0 Å². The molecule has 0 saturated heterocycles. The number of likely N-dealkylation sites (N-methyl/N-ethyl adjacent to an activating group) is 1. The standard InChI is InChI=1S/C21H21FN2O3/c1-24(12-21(25)26)8-2-3-20-19-10-18(14-4-6-17(22)7-5-14)15(11-23)9-16(19)13-27-20/h4-7,9-10,20H,2-3,8,12-13H2,1H3,(H,25,26). The third-order valence-electron chi connectivity index (χ3n) is 4.75. The molecule has 0 aliphatic carbocycles. The van der Waals surface area contributed by atoms with E-state index >= 15 is 0 Å². The van der Waals surface area contributed by atoms with Gasteiger partial charge in [-0.15, -0.1) is 0 Å². The van der Waals surface area contributed by atoms with E-state index < -0.39 is 5.97 Å². The van der Waals surface area contributed by atoms with Crippen LogP contribution in [-0.2, 0) is 16.1 Å². The molecule has 1 unspecified atom stereocenters. The average molecular weight is 368 g/mol. The van der Waals surface area contributed by atoms with Crippen molar-refractivity contribution >= 4 is 5.97 Å². The molecule has 27 heavy (non-hydrogen) atoms. The third kappa shape index (κ3) is 4.51. The molecular weight excluding hydrogens is 347 g/mol. The van der Waals surface area contributed by atoms with E-state index in [4.69, 9.17) is 9.84 Å². The molecule has 5 nitrogen and oxygen atoms in total. The van der Waals surface area contributed by atoms with Crippen LogP contribution in [0.1, 0.15) is 35.6 Å². The summed E-state index contributed by atoms with van der Waals surface area (Å²) in [5.74, 6) is -1.15. The molecule has 1 atom stereocenters. The number of ether oxygens (including phenoxy) is 1. The first kappa shape index (κ1) is 19.0. The fourth-order valence-electron chi connectivity index (χ4n) is 3.42. The highest BCUT2D eigenvalue weighted by Gasteiger charge is 2.25. The number of carboxylic acids is 1. The summed E-state index contributed by atoms with van der Waals surface area (Å²) in [7, 11) is 1.78. The fourth-order valence-corrected chi connectivity index (χ4v) is 3.42. The van der Waals surface area contributed by atoms with E-state index in [-0.39, 0.29) is 18.5 Å². The number of hydrogen-bond acceptors (Lipinski definition) is 4. The van der Waals surface area contributed by atoms with Crippen molar-refractivity contribution in [3.05, 3.63) is 58.9 Å². The quantitative estimate of drug-likeness (QED) is 0.806. The van der Waals surface area contributed by atoms with Gasteiger partial charge in [0, 0.05) is 0 Å². The highest BCUT2D eigenvalue weighted by Crippen LogP contribution is 2.38. The van der Waals surface area contributed by atoms with Crippen LogP contribution in [0.25, 0.3) is 11.1 Å². The Morgan fingerprint density at radius 1 is 1.37 bits per heavy atom. The van der Waals surface area contributed by atoms with E-state index in [0.29, 0.717) is 18.7 Å². The summed E-state index contributed by atoms with van der Waals surface area (Å²) in [6.45, 7) is 1.15. The van der Waals surface area contributed by atoms with Gasteiger partial charge in [-0.1, -0.05) is 12.1 Å². The maximum Gasteiger partial charge on any atom is 0.317 e. The number of aliphatic carboxylic acids is 1. The van der Waals surface area contributed by atoms with Gasteiger partial charge in [-0.05, 0) is 73.0 Å². The molecule has 0 fully saturated rings. The number of nitriles is 1. The third-order valence-corrected chi connectivity index (χ3v) is 4.75. The highest BCUT2D eigenvalue weighted by molar-refractivity contribution is 5.72. The zero-order valence-corrected chi connectivity index (χ0v) is 15.1. The average Bonchev–Trinajstić information content (AvgIpc) is 3.02. The molecule has 0 amide bonds. The van der Waals surface area contributed by atoms with Gasteiger partial charge in [0.1, 0.15) is 5.82 Å². The SMILES string of the molecule is CN(CCCC1OCc2cc(C#N)c(-c3ccc(F)cc3)cc21)CC(=O)O. The van der Waals surface area contributed by atoms with Crippen LogP contribution < -0.4 is 0 Å². The Balaban J connectivity index is 1.77. The van der Waals surface area contributed by atoms with Crippen LogP contribution in [0.15, 0.2) is 36.4 Å². The largest absolute Gasteiger partial charge is 0.480 e. The number of hydrogen-bond donors (Lipinski definition) is 1. The lowest BCUT2D eigenvalue weighted by Gasteiger charge is -2.17. The van der Waals surface area contributed by atoms with Gasteiger partial charge in [0.25, 0.3) is 0 Å². The summed E-state index contributed by atoms with van der Waals surface area (Å²) >= 11 is 0. The first-order valence-electron chi connectivity index (χ1n) is 8.82. The Hall–Kier alpha value is -2.75.